The van der Waals surface area contributed by atoms with Gasteiger partial charge in [-0.05, 0) is 51.7 Å². The van der Waals surface area contributed by atoms with E-state index < -0.39 is 11.7 Å². The topological polar surface area (TPSA) is 12.0 Å². The fourth-order valence-corrected chi connectivity index (χ4v) is 2.49. The highest BCUT2D eigenvalue weighted by Gasteiger charge is 2.30. The Balaban J connectivity index is 2.20. The van der Waals surface area contributed by atoms with Crippen molar-refractivity contribution in [2.45, 2.75) is 26.1 Å². The highest BCUT2D eigenvalue weighted by molar-refractivity contribution is 9.10. The lowest BCUT2D eigenvalue weighted by Gasteiger charge is -2.14. The summed E-state index contributed by atoms with van der Waals surface area (Å²) < 4.78 is 38.8. The zero-order chi connectivity index (χ0) is 15.5. The second kappa shape index (κ2) is 6.52. The van der Waals surface area contributed by atoms with E-state index in [0.29, 0.717) is 16.7 Å². The Morgan fingerprint density at radius 2 is 1.71 bits per heavy atom. The maximum atomic E-state index is 12.7. The minimum absolute atomic E-state index is 0.440. The molecule has 1 N–H and O–H groups in total. The Hall–Kier alpha value is -1.49. The number of hydrogen-bond acceptors (Lipinski definition) is 1. The van der Waals surface area contributed by atoms with E-state index in [1.807, 2.05) is 24.3 Å². The predicted molar refractivity (Wildman–Crippen MR) is 82.3 cm³/mol. The average Bonchev–Trinajstić information content (AvgIpc) is 2.45. The molecule has 0 bridgehead atoms. The van der Waals surface area contributed by atoms with E-state index >= 15 is 0 Å². The molecule has 1 nitrogen and oxygen atoms in total. The van der Waals surface area contributed by atoms with Gasteiger partial charge in [-0.15, -0.1) is 0 Å². The van der Waals surface area contributed by atoms with Crippen molar-refractivity contribution in [2.24, 2.45) is 0 Å². The van der Waals surface area contributed by atoms with Crippen molar-refractivity contribution in [2.75, 3.05) is 5.32 Å². The Bertz CT molecular complexity index is 623. The number of alkyl halides is 3. The molecule has 5 heteroatoms. The first-order chi connectivity index (χ1) is 9.91. The fourth-order valence-electron chi connectivity index (χ4n) is 2.10. The van der Waals surface area contributed by atoms with Gasteiger partial charge in [-0.3, -0.25) is 0 Å². The van der Waals surface area contributed by atoms with Gasteiger partial charge in [0.25, 0.3) is 0 Å². The van der Waals surface area contributed by atoms with Crippen LogP contribution < -0.4 is 5.32 Å². The molecule has 2 aromatic rings. The van der Waals surface area contributed by atoms with Gasteiger partial charge in [-0.2, -0.15) is 13.2 Å². The largest absolute Gasteiger partial charge is 0.416 e. The number of nitrogens with one attached hydrogen (secondary N) is 1. The molecule has 0 aliphatic heterocycles. The Kier molecular flexibility index (Phi) is 4.93. The van der Waals surface area contributed by atoms with Gasteiger partial charge in [0.1, 0.15) is 0 Å². The molecule has 0 spiro atoms. The third-order valence-electron chi connectivity index (χ3n) is 3.26. The monoisotopic (exact) mass is 357 g/mol. The molecular formula is C16H15BrF3N. The second-order valence-corrected chi connectivity index (χ2v) is 5.52. The lowest BCUT2D eigenvalue weighted by molar-refractivity contribution is -0.137. The highest BCUT2D eigenvalue weighted by atomic mass is 79.9. The zero-order valence-electron chi connectivity index (χ0n) is 11.5. The van der Waals surface area contributed by atoms with Gasteiger partial charge in [0.2, 0.25) is 0 Å². The molecule has 0 aliphatic rings. The first kappa shape index (κ1) is 15.9. The standard InChI is InChI=1S/C16H15BrF3N/c1-2-11-5-3-4-6-12(11)10-21-15-9-13(16(18,19)20)7-8-14(15)17/h3-9,21H,2,10H2,1H3. The first-order valence-corrected chi connectivity index (χ1v) is 7.38. The van der Waals surface area contributed by atoms with Crippen LogP contribution >= 0.6 is 15.9 Å². The van der Waals surface area contributed by atoms with E-state index in [1.54, 1.807) is 0 Å². The van der Waals surface area contributed by atoms with Crippen LogP contribution in [0.25, 0.3) is 0 Å². The maximum Gasteiger partial charge on any atom is 0.416 e. The summed E-state index contributed by atoms with van der Waals surface area (Å²) in [5, 5.41) is 3.07. The Morgan fingerprint density at radius 3 is 2.33 bits per heavy atom. The average molecular weight is 358 g/mol. The lowest BCUT2D eigenvalue weighted by Crippen LogP contribution is -2.07. The molecule has 112 valence electrons. The summed E-state index contributed by atoms with van der Waals surface area (Å²) >= 11 is 3.28. The number of aryl methyl sites for hydroxylation is 1. The molecule has 0 saturated heterocycles. The Labute approximate surface area is 130 Å². The molecule has 0 aromatic heterocycles. The Morgan fingerprint density at radius 1 is 1.05 bits per heavy atom. The quantitative estimate of drug-likeness (QED) is 0.746. The van der Waals surface area contributed by atoms with Gasteiger partial charge in [0.15, 0.2) is 0 Å². The van der Waals surface area contributed by atoms with Crippen molar-refractivity contribution in [1.29, 1.82) is 0 Å². The number of hydrogen-bond donors (Lipinski definition) is 1. The van der Waals surface area contributed by atoms with Crippen LogP contribution in [0, 0.1) is 0 Å². The van der Waals surface area contributed by atoms with E-state index in [2.05, 4.69) is 28.2 Å². The van der Waals surface area contributed by atoms with Crippen molar-refractivity contribution in [1.82, 2.24) is 0 Å². The van der Waals surface area contributed by atoms with Crippen LogP contribution in [-0.4, -0.2) is 0 Å². The van der Waals surface area contributed by atoms with E-state index in [4.69, 9.17) is 0 Å². The van der Waals surface area contributed by atoms with Crippen LogP contribution in [0.3, 0.4) is 0 Å². The summed E-state index contributed by atoms with van der Waals surface area (Å²) in [6.45, 7) is 2.54. The zero-order valence-corrected chi connectivity index (χ0v) is 13.1. The van der Waals surface area contributed by atoms with Crippen molar-refractivity contribution in [3.63, 3.8) is 0 Å². The van der Waals surface area contributed by atoms with Crippen LogP contribution in [-0.2, 0) is 19.1 Å². The lowest BCUT2D eigenvalue weighted by atomic mass is 10.1. The third kappa shape index (κ3) is 4.00. The molecule has 0 radical (unpaired) electrons. The summed E-state index contributed by atoms with van der Waals surface area (Å²) in [6, 6.07) is 11.5. The third-order valence-corrected chi connectivity index (χ3v) is 3.95. The first-order valence-electron chi connectivity index (χ1n) is 6.59. The van der Waals surface area contributed by atoms with Gasteiger partial charge in [0, 0.05) is 16.7 Å². The highest BCUT2D eigenvalue weighted by Crippen LogP contribution is 2.34. The maximum absolute atomic E-state index is 12.7. The normalized spacial score (nSPS) is 11.5. The predicted octanol–water partition coefficient (Wildman–Crippen LogP) is 5.64. The van der Waals surface area contributed by atoms with Crippen LogP contribution in [0.1, 0.15) is 23.6 Å². The van der Waals surface area contributed by atoms with Gasteiger partial charge < -0.3 is 5.32 Å². The van der Waals surface area contributed by atoms with E-state index in [-0.39, 0.29) is 0 Å². The molecular weight excluding hydrogens is 343 g/mol. The van der Waals surface area contributed by atoms with Gasteiger partial charge in [-0.1, -0.05) is 31.2 Å². The van der Waals surface area contributed by atoms with Crippen LogP contribution in [0.15, 0.2) is 46.9 Å². The molecule has 2 aromatic carbocycles. The molecule has 0 unspecified atom stereocenters. The fraction of sp³-hybridized carbons (Fsp3) is 0.250. The smallest absolute Gasteiger partial charge is 0.380 e. The molecule has 2 rings (SSSR count). The van der Waals surface area contributed by atoms with Crippen LogP contribution in [0.2, 0.25) is 0 Å². The minimum atomic E-state index is -4.33. The minimum Gasteiger partial charge on any atom is -0.380 e. The summed E-state index contributed by atoms with van der Waals surface area (Å²) in [5.74, 6) is 0. The number of halogens is 4. The number of rotatable bonds is 4. The molecule has 0 heterocycles. The molecule has 21 heavy (non-hydrogen) atoms. The molecule has 0 atom stereocenters. The van der Waals surface area contributed by atoms with E-state index in [0.717, 1.165) is 24.1 Å². The van der Waals surface area contributed by atoms with Gasteiger partial charge >= 0.3 is 6.18 Å². The summed E-state index contributed by atoms with van der Waals surface area (Å²) in [7, 11) is 0. The summed E-state index contributed by atoms with van der Waals surface area (Å²) in [6.07, 6.45) is -3.44. The molecule has 0 saturated carbocycles. The summed E-state index contributed by atoms with van der Waals surface area (Å²) in [5.41, 5.74) is 2.06. The number of anilines is 1. The molecule has 0 amide bonds. The van der Waals surface area contributed by atoms with Crippen LogP contribution in [0.4, 0.5) is 18.9 Å². The van der Waals surface area contributed by atoms with Crippen molar-refractivity contribution >= 4 is 21.6 Å². The van der Waals surface area contributed by atoms with E-state index in [1.165, 1.54) is 11.6 Å². The van der Waals surface area contributed by atoms with Crippen molar-refractivity contribution < 1.29 is 13.2 Å². The number of benzene rings is 2. The van der Waals surface area contributed by atoms with Gasteiger partial charge in [0.05, 0.1) is 5.56 Å². The van der Waals surface area contributed by atoms with E-state index in [9.17, 15) is 13.2 Å². The van der Waals surface area contributed by atoms with Crippen molar-refractivity contribution in [3.8, 4) is 0 Å². The summed E-state index contributed by atoms with van der Waals surface area (Å²) in [4.78, 5) is 0. The SMILES string of the molecule is CCc1ccccc1CNc1cc(C(F)(F)F)ccc1Br. The van der Waals surface area contributed by atoms with Crippen molar-refractivity contribution in [3.05, 3.63) is 63.6 Å². The molecule has 0 aliphatic carbocycles. The molecule has 0 fully saturated rings. The second-order valence-electron chi connectivity index (χ2n) is 4.67. The van der Waals surface area contributed by atoms with Crippen LogP contribution in [0.5, 0.6) is 0 Å². The van der Waals surface area contributed by atoms with Gasteiger partial charge in [-0.25, -0.2) is 0 Å².